The summed E-state index contributed by atoms with van der Waals surface area (Å²) in [7, 11) is 1.47. The van der Waals surface area contributed by atoms with E-state index in [-0.39, 0.29) is 70.5 Å². The van der Waals surface area contributed by atoms with Crippen LogP contribution in [0, 0.1) is 62.1 Å². The van der Waals surface area contributed by atoms with Gasteiger partial charge in [0.15, 0.2) is 0 Å². The fourth-order valence-electron chi connectivity index (χ4n) is 13.8. The van der Waals surface area contributed by atoms with Crippen LogP contribution in [0.15, 0.2) is 54.6 Å². The van der Waals surface area contributed by atoms with Crippen molar-refractivity contribution in [1.82, 2.24) is 0 Å². The minimum absolute atomic E-state index is 0.0350. The number of fused-ring (bicyclic) bond motifs is 7. The lowest BCUT2D eigenvalue weighted by atomic mass is 9.32. The molecule has 0 N–H and O–H groups in total. The number of methoxy groups -OCH3 is 1. The van der Waals surface area contributed by atoms with Gasteiger partial charge in [-0.3, -0.25) is 9.59 Å². The van der Waals surface area contributed by atoms with Crippen molar-refractivity contribution < 1.29 is 28.6 Å². The van der Waals surface area contributed by atoms with Crippen LogP contribution in [0.1, 0.15) is 138 Å². The molecule has 5 saturated carbocycles. The van der Waals surface area contributed by atoms with E-state index in [0.29, 0.717) is 29.6 Å². The molecule has 0 bridgehead atoms. The van der Waals surface area contributed by atoms with Crippen molar-refractivity contribution >= 4 is 17.9 Å². The van der Waals surface area contributed by atoms with Crippen molar-refractivity contribution in [2.45, 2.75) is 145 Å². The van der Waals surface area contributed by atoms with Crippen molar-refractivity contribution in [2.24, 2.45) is 62.1 Å². The molecular formula is C47H68O6. The normalized spacial score (nSPS) is 38.8. The van der Waals surface area contributed by atoms with Crippen LogP contribution < -0.4 is 0 Å². The lowest BCUT2D eigenvalue weighted by molar-refractivity contribution is -0.247. The molecule has 1 aromatic carbocycles. The zero-order valence-corrected chi connectivity index (χ0v) is 34.4. The molecule has 10 atom stereocenters. The van der Waals surface area contributed by atoms with Gasteiger partial charge >= 0.3 is 17.9 Å². The number of esters is 3. The van der Waals surface area contributed by atoms with Gasteiger partial charge in [-0.25, -0.2) is 4.79 Å². The first-order chi connectivity index (χ1) is 24.8. The van der Waals surface area contributed by atoms with Crippen molar-refractivity contribution in [3.05, 3.63) is 60.2 Å². The van der Waals surface area contributed by atoms with E-state index >= 15 is 0 Å². The van der Waals surface area contributed by atoms with Crippen molar-refractivity contribution in [1.29, 1.82) is 0 Å². The Morgan fingerprint density at radius 3 is 2.21 bits per heavy atom. The number of carbonyl (C=O) groups excluding carboxylic acids is 3. The van der Waals surface area contributed by atoms with Gasteiger partial charge in [0.05, 0.1) is 20.0 Å². The fraction of sp³-hybridized carbons (Fsp3) is 0.723. The standard InChI is InChI=1S/C47H68O6/c1-31(2)33-18-24-47(25-21-38(48)51-10)27-26-45(8)34(41(33)47)16-17-36-44(7)22-20-37(43(5,6)35(44)19-23-46(36,45)9)53-40(50)29-42(3,4)28-39(49)52-30-32-14-12-11-13-15-32/h11-15,21,25,33-37,41H,1,16-20,22-24,26-30H2,2-10H3/b25-21+/t33?,34?,35?,36?,37-,41?,44-,45+,46+,47-/m0/s1. The fourth-order valence-corrected chi connectivity index (χ4v) is 13.8. The molecule has 1 aromatic rings. The highest BCUT2D eigenvalue weighted by molar-refractivity contribution is 5.82. The van der Waals surface area contributed by atoms with E-state index in [0.717, 1.165) is 44.1 Å². The molecule has 5 aliphatic rings. The molecule has 292 valence electrons. The molecule has 5 unspecified atom stereocenters. The number of hydrogen-bond donors (Lipinski definition) is 0. The quantitative estimate of drug-likeness (QED) is 0.103. The summed E-state index contributed by atoms with van der Waals surface area (Å²) in [5.41, 5.74) is 2.15. The van der Waals surface area contributed by atoms with Crippen molar-refractivity contribution in [3.63, 3.8) is 0 Å². The van der Waals surface area contributed by atoms with Crippen LogP contribution in [0.3, 0.4) is 0 Å². The molecule has 0 heterocycles. The first-order valence-electron chi connectivity index (χ1n) is 20.6. The van der Waals surface area contributed by atoms with Gasteiger partial charge in [-0.2, -0.15) is 0 Å². The number of benzene rings is 1. The first kappa shape index (κ1) is 39.8. The second-order valence-corrected chi connectivity index (χ2v) is 20.3. The Morgan fingerprint density at radius 2 is 1.53 bits per heavy atom. The number of rotatable bonds is 10. The highest BCUT2D eigenvalue weighted by Crippen LogP contribution is 2.77. The van der Waals surface area contributed by atoms with E-state index in [2.05, 4.69) is 54.2 Å². The predicted octanol–water partition coefficient (Wildman–Crippen LogP) is 10.8. The summed E-state index contributed by atoms with van der Waals surface area (Å²) >= 11 is 0. The molecule has 0 spiro atoms. The SMILES string of the molecule is C=C(C)C1CC[C@]2(/C=C/C(=O)OC)CC[C@]3(C)C(CCC4[C@@]5(C)CC[C@H](OC(=O)CC(C)(C)CC(=O)OCc6ccccc6)C(C)(C)C5CC[C@]43C)C12. The second kappa shape index (κ2) is 14.3. The van der Waals surface area contributed by atoms with Gasteiger partial charge in [0.1, 0.15) is 12.7 Å². The molecule has 0 radical (unpaired) electrons. The third-order valence-electron chi connectivity index (χ3n) is 16.6. The van der Waals surface area contributed by atoms with Crippen LogP contribution in [0.4, 0.5) is 0 Å². The van der Waals surface area contributed by atoms with Gasteiger partial charge in [-0.15, -0.1) is 0 Å². The average Bonchev–Trinajstić information content (AvgIpc) is 3.48. The summed E-state index contributed by atoms with van der Waals surface area (Å²) in [6.07, 6.45) is 15.5. The summed E-state index contributed by atoms with van der Waals surface area (Å²) in [5.74, 6) is 1.89. The highest BCUT2D eigenvalue weighted by Gasteiger charge is 2.70. The van der Waals surface area contributed by atoms with Crippen LogP contribution in [0.2, 0.25) is 0 Å². The number of hydrogen-bond acceptors (Lipinski definition) is 6. The van der Waals surface area contributed by atoms with Gasteiger partial charge in [0.25, 0.3) is 0 Å². The van der Waals surface area contributed by atoms with E-state index < -0.39 is 5.41 Å². The molecule has 0 saturated heterocycles. The van der Waals surface area contributed by atoms with Crippen molar-refractivity contribution in [2.75, 3.05) is 7.11 Å². The molecule has 0 amide bonds. The van der Waals surface area contributed by atoms with Gasteiger partial charge in [0, 0.05) is 11.5 Å². The Kier molecular flexibility index (Phi) is 10.7. The minimum Gasteiger partial charge on any atom is -0.466 e. The van der Waals surface area contributed by atoms with Crippen LogP contribution in [0.5, 0.6) is 0 Å². The van der Waals surface area contributed by atoms with Crippen LogP contribution in [-0.2, 0) is 35.2 Å². The molecule has 6 rings (SSSR count). The van der Waals surface area contributed by atoms with Gasteiger partial charge in [-0.05, 0) is 133 Å². The Balaban J connectivity index is 1.15. The highest BCUT2D eigenvalue weighted by atomic mass is 16.5. The Morgan fingerprint density at radius 1 is 0.830 bits per heavy atom. The third-order valence-corrected chi connectivity index (χ3v) is 16.6. The first-order valence-corrected chi connectivity index (χ1v) is 20.6. The smallest absolute Gasteiger partial charge is 0.330 e. The maximum absolute atomic E-state index is 13.6. The Bertz CT molecular complexity index is 1590. The molecule has 5 aliphatic carbocycles. The average molecular weight is 729 g/mol. The molecule has 6 nitrogen and oxygen atoms in total. The van der Waals surface area contributed by atoms with Gasteiger partial charge in [-0.1, -0.05) is 97.0 Å². The second-order valence-electron chi connectivity index (χ2n) is 20.3. The van der Waals surface area contributed by atoms with Crippen molar-refractivity contribution in [3.8, 4) is 0 Å². The van der Waals surface area contributed by atoms with E-state index in [1.54, 1.807) is 6.08 Å². The lowest BCUT2D eigenvalue weighted by Crippen LogP contribution is -2.66. The minimum atomic E-state index is -0.561. The molecule has 5 fully saturated rings. The largest absolute Gasteiger partial charge is 0.466 e. The van der Waals surface area contributed by atoms with Gasteiger partial charge < -0.3 is 14.2 Å². The number of allylic oxidation sites excluding steroid dienone is 2. The summed E-state index contributed by atoms with van der Waals surface area (Å²) in [6.45, 7) is 23.5. The molecule has 53 heavy (non-hydrogen) atoms. The maximum atomic E-state index is 13.6. The van der Waals surface area contributed by atoms with E-state index in [1.165, 1.54) is 38.4 Å². The molecular weight excluding hydrogens is 661 g/mol. The van der Waals surface area contributed by atoms with E-state index in [9.17, 15) is 14.4 Å². The van der Waals surface area contributed by atoms with E-state index in [1.807, 2.05) is 44.2 Å². The summed E-state index contributed by atoms with van der Waals surface area (Å²) in [5, 5.41) is 0. The maximum Gasteiger partial charge on any atom is 0.330 e. The summed E-state index contributed by atoms with van der Waals surface area (Å²) in [4.78, 5) is 38.6. The Hall–Kier alpha value is -2.89. The van der Waals surface area contributed by atoms with E-state index in [4.69, 9.17) is 14.2 Å². The van der Waals surface area contributed by atoms with Crippen LogP contribution >= 0.6 is 0 Å². The monoisotopic (exact) mass is 729 g/mol. The molecule has 0 aliphatic heterocycles. The summed E-state index contributed by atoms with van der Waals surface area (Å²) < 4.78 is 17.0. The zero-order valence-electron chi connectivity index (χ0n) is 34.4. The van der Waals surface area contributed by atoms with Gasteiger partial charge in [0.2, 0.25) is 0 Å². The Labute approximate surface area is 320 Å². The molecule has 0 aromatic heterocycles. The third kappa shape index (κ3) is 6.96. The number of ether oxygens (including phenoxy) is 3. The lowest BCUT2D eigenvalue weighted by Gasteiger charge is -2.73. The van der Waals surface area contributed by atoms with Crippen LogP contribution in [0.25, 0.3) is 0 Å². The zero-order chi connectivity index (χ0) is 38.6. The predicted molar refractivity (Wildman–Crippen MR) is 209 cm³/mol. The molecule has 6 heteroatoms. The summed E-state index contributed by atoms with van der Waals surface area (Å²) in [6, 6.07) is 9.68. The topological polar surface area (TPSA) is 78.9 Å². The van der Waals surface area contributed by atoms with Crippen LogP contribution in [-0.4, -0.2) is 31.1 Å². The number of carbonyl (C=O) groups is 3.